The minimum Gasteiger partial charge on any atom is -0.495 e. The van der Waals surface area contributed by atoms with Crippen LogP contribution in [0.5, 0.6) is 5.75 Å². The third-order valence-electron chi connectivity index (χ3n) is 5.83. The lowest BCUT2D eigenvalue weighted by atomic mass is 10.0. The van der Waals surface area contributed by atoms with Crippen LogP contribution < -0.4 is 15.4 Å². The number of ether oxygens (including phenoxy) is 1. The summed E-state index contributed by atoms with van der Waals surface area (Å²) in [5.74, 6) is 6.28. The van der Waals surface area contributed by atoms with Crippen LogP contribution >= 0.6 is 11.8 Å². The number of thioether (sulfide) groups is 1. The Morgan fingerprint density at radius 3 is 2.78 bits per heavy atom. The van der Waals surface area contributed by atoms with Crippen LogP contribution in [0.15, 0.2) is 41.6 Å². The zero-order valence-corrected chi connectivity index (χ0v) is 20.9. The summed E-state index contributed by atoms with van der Waals surface area (Å²) in [6.45, 7) is 3.13. The smallest absolute Gasteiger partial charge is 0.447 e. The lowest BCUT2D eigenvalue weighted by Gasteiger charge is -2.33. The number of methoxy groups -OCH3 is 1. The Kier molecular flexibility index (Phi) is 7.85. The second kappa shape index (κ2) is 10.9. The number of fused-ring (bicyclic) bond motifs is 1. The van der Waals surface area contributed by atoms with Crippen LogP contribution in [0.25, 0.3) is 5.65 Å². The number of aryl methyl sites for hydroxylation is 1. The van der Waals surface area contributed by atoms with E-state index in [0.29, 0.717) is 24.4 Å². The Bertz CT molecular complexity index is 1280. The van der Waals surface area contributed by atoms with Crippen molar-refractivity contribution in [3.63, 3.8) is 0 Å². The molecule has 36 heavy (non-hydrogen) atoms. The van der Waals surface area contributed by atoms with Gasteiger partial charge in [0.15, 0.2) is 5.65 Å². The van der Waals surface area contributed by atoms with Gasteiger partial charge in [0, 0.05) is 31.0 Å². The Morgan fingerprint density at radius 2 is 2.06 bits per heavy atom. The average Bonchev–Trinajstić information content (AvgIpc) is 3.15. The molecule has 2 N–H and O–H groups in total. The van der Waals surface area contributed by atoms with E-state index in [9.17, 15) is 17.6 Å². The van der Waals surface area contributed by atoms with Gasteiger partial charge in [0.2, 0.25) is 0 Å². The van der Waals surface area contributed by atoms with Crippen molar-refractivity contribution in [2.75, 3.05) is 44.4 Å². The number of alkyl halides is 4. The fourth-order valence-electron chi connectivity index (χ4n) is 4.09. The number of rotatable bonds is 6. The standard InChI is InChI=1S/C25H27F4N5OS/c1-16-8-9-22(35-3)21(14-16)30-11-4-6-20-24(36-25(27,28)29)34-12-5-7-19(23(34)32-20)31-18-10-13-33(2)15-17(18)26/h5,7-9,12,14,17-18,30-31H,10-11,13,15H2,1-3H3. The molecular formula is C25H27F4N5OS. The highest BCUT2D eigenvalue weighted by Crippen LogP contribution is 2.39. The number of benzene rings is 1. The number of piperidine rings is 1. The summed E-state index contributed by atoms with van der Waals surface area (Å²) in [6, 6.07) is 8.49. The lowest BCUT2D eigenvalue weighted by Crippen LogP contribution is -2.46. The molecule has 192 valence electrons. The summed E-state index contributed by atoms with van der Waals surface area (Å²) >= 11 is -0.269. The maximum Gasteiger partial charge on any atom is 0.447 e. The van der Waals surface area contributed by atoms with Crippen molar-refractivity contribution in [3.05, 3.63) is 47.8 Å². The number of hydrogen-bond donors (Lipinski definition) is 2. The zero-order valence-electron chi connectivity index (χ0n) is 20.1. The van der Waals surface area contributed by atoms with Crippen molar-refractivity contribution >= 4 is 28.8 Å². The fraction of sp³-hybridized carbons (Fsp3) is 0.400. The molecule has 0 amide bonds. The van der Waals surface area contributed by atoms with Crippen LogP contribution in [-0.2, 0) is 0 Å². The van der Waals surface area contributed by atoms with E-state index in [1.807, 2.05) is 37.1 Å². The van der Waals surface area contributed by atoms with Crippen molar-refractivity contribution in [1.29, 1.82) is 0 Å². The molecule has 2 unspecified atom stereocenters. The van der Waals surface area contributed by atoms with Crippen molar-refractivity contribution in [2.45, 2.75) is 36.1 Å². The molecule has 4 rings (SSSR count). The normalized spacial score (nSPS) is 18.5. The lowest BCUT2D eigenvalue weighted by molar-refractivity contribution is -0.0329. The molecule has 0 bridgehead atoms. The van der Waals surface area contributed by atoms with Gasteiger partial charge in [0.1, 0.15) is 22.6 Å². The van der Waals surface area contributed by atoms with E-state index in [4.69, 9.17) is 4.74 Å². The molecule has 1 saturated heterocycles. The topological polar surface area (TPSA) is 53.8 Å². The van der Waals surface area contributed by atoms with E-state index in [2.05, 4.69) is 27.5 Å². The summed E-state index contributed by atoms with van der Waals surface area (Å²) in [5.41, 5.74) is -2.03. The number of imidazole rings is 1. The van der Waals surface area contributed by atoms with Gasteiger partial charge >= 0.3 is 5.51 Å². The Balaban J connectivity index is 1.62. The van der Waals surface area contributed by atoms with Gasteiger partial charge in [-0.3, -0.25) is 4.40 Å². The highest BCUT2D eigenvalue weighted by Gasteiger charge is 2.33. The third kappa shape index (κ3) is 6.17. The first-order valence-corrected chi connectivity index (χ1v) is 12.2. The second-order valence-corrected chi connectivity index (χ2v) is 9.66. The number of pyridine rings is 1. The monoisotopic (exact) mass is 521 g/mol. The molecule has 2 atom stereocenters. The predicted octanol–water partition coefficient (Wildman–Crippen LogP) is 5.18. The molecule has 0 spiro atoms. The molecule has 2 aromatic heterocycles. The SMILES string of the molecule is COc1ccc(C)cc1NCC#Cc1nc2c(NC3CCN(C)CC3F)cccn2c1SC(F)(F)F. The molecule has 0 aliphatic carbocycles. The number of nitrogens with one attached hydrogen (secondary N) is 2. The summed E-state index contributed by atoms with van der Waals surface area (Å²) in [7, 11) is 3.41. The molecule has 1 aliphatic heterocycles. The fourth-order valence-corrected chi connectivity index (χ4v) is 4.75. The van der Waals surface area contributed by atoms with Gasteiger partial charge in [0.05, 0.1) is 31.1 Å². The van der Waals surface area contributed by atoms with Crippen molar-refractivity contribution in [1.82, 2.24) is 14.3 Å². The highest BCUT2D eigenvalue weighted by atomic mass is 32.2. The molecular weight excluding hydrogens is 494 g/mol. The van der Waals surface area contributed by atoms with E-state index in [1.165, 1.54) is 10.6 Å². The second-order valence-electron chi connectivity index (χ2n) is 8.61. The molecule has 0 saturated carbocycles. The molecule has 3 aromatic rings. The van der Waals surface area contributed by atoms with Gasteiger partial charge < -0.3 is 20.3 Å². The number of likely N-dealkylation sites (tertiary alicyclic amines) is 1. The van der Waals surface area contributed by atoms with E-state index < -0.39 is 17.7 Å². The Morgan fingerprint density at radius 1 is 1.25 bits per heavy atom. The van der Waals surface area contributed by atoms with E-state index >= 15 is 0 Å². The number of halogens is 4. The van der Waals surface area contributed by atoms with Gasteiger partial charge in [-0.1, -0.05) is 12.0 Å². The molecule has 11 heteroatoms. The minimum absolute atomic E-state index is 0.00441. The maximum atomic E-state index is 14.6. The predicted molar refractivity (Wildman–Crippen MR) is 135 cm³/mol. The van der Waals surface area contributed by atoms with Crippen LogP contribution in [-0.4, -0.2) is 65.8 Å². The summed E-state index contributed by atoms with van der Waals surface area (Å²) < 4.78 is 61.5. The van der Waals surface area contributed by atoms with E-state index in [0.717, 1.165) is 17.8 Å². The van der Waals surface area contributed by atoms with Crippen LogP contribution in [0.3, 0.4) is 0 Å². The number of anilines is 2. The number of nitrogens with zero attached hydrogens (tertiary/aromatic N) is 3. The average molecular weight is 522 g/mol. The van der Waals surface area contributed by atoms with E-state index in [1.54, 1.807) is 19.2 Å². The van der Waals surface area contributed by atoms with Crippen molar-refractivity contribution in [3.8, 4) is 17.6 Å². The summed E-state index contributed by atoms with van der Waals surface area (Å²) in [5, 5.41) is 6.15. The van der Waals surface area contributed by atoms with Crippen LogP contribution in [0.2, 0.25) is 0 Å². The molecule has 1 fully saturated rings. The molecule has 1 aromatic carbocycles. The molecule has 0 radical (unpaired) electrons. The Labute approximate surface area is 211 Å². The van der Waals surface area contributed by atoms with Crippen LogP contribution in [0.1, 0.15) is 17.7 Å². The molecule has 6 nitrogen and oxygen atoms in total. The minimum atomic E-state index is -4.53. The van der Waals surface area contributed by atoms with Gasteiger partial charge in [-0.05, 0) is 56.1 Å². The molecule has 1 aliphatic rings. The largest absolute Gasteiger partial charge is 0.495 e. The summed E-state index contributed by atoms with van der Waals surface area (Å²) in [6.07, 6.45) is 0.973. The number of hydrogen-bond acceptors (Lipinski definition) is 6. The third-order valence-corrected chi connectivity index (χ3v) is 6.65. The molecule has 3 heterocycles. The van der Waals surface area contributed by atoms with Crippen molar-refractivity contribution in [2.24, 2.45) is 0 Å². The van der Waals surface area contributed by atoms with Gasteiger partial charge in [0.25, 0.3) is 0 Å². The zero-order chi connectivity index (χ0) is 25.9. The summed E-state index contributed by atoms with van der Waals surface area (Å²) in [4.78, 5) is 6.32. The Hall–Kier alpha value is -3.10. The van der Waals surface area contributed by atoms with Crippen LogP contribution in [0, 0.1) is 18.8 Å². The highest BCUT2D eigenvalue weighted by molar-refractivity contribution is 8.00. The number of aromatic nitrogens is 2. The first-order valence-electron chi connectivity index (χ1n) is 11.4. The maximum absolute atomic E-state index is 14.6. The van der Waals surface area contributed by atoms with Crippen molar-refractivity contribution < 1.29 is 22.3 Å². The van der Waals surface area contributed by atoms with Gasteiger partial charge in [-0.25, -0.2) is 9.37 Å². The van der Waals surface area contributed by atoms with Gasteiger partial charge in [-0.15, -0.1) is 0 Å². The van der Waals surface area contributed by atoms with Gasteiger partial charge in [-0.2, -0.15) is 13.2 Å². The quantitative estimate of drug-likeness (QED) is 0.265. The van der Waals surface area contributed by atoms with E-state index in [-0.39, 0.29) is 34.7 Å². The first kappa shape index (κ1) is 26.0. The van der Waals surface area contributed by atoms with Crippen LogP contribution in [0.4, 0.5) is 28.9 Å². The first-order chi connectivity index (χ1) is 17.1.